The summed E-state index contributed by atoms with van der Waals surface area (Å²) in [6.45, 7) is 4.09. The highest BCUT2D eigenvalue weighted by Crippen LogP contribution is 2.30. The van der Waals surface area contributed by atoms with Gasteiger partial charge in [-0.15, -0.1) is 0 Å². The molecule has 17 heavy (non-hydrogen) atoms. The van der Waals surface area contributed by atoms with Gasteiger partial charge in [-0.05, 0) is 22.0 Å². The van der Waals surface area contributed by atoms with Crippen LogP contribution in [0, 0.1) is 0 Å². The molecule has 3 heterocycles. The van der Waals surface area contributed by atoms with Crippen LogP contribution in [0.5, 0.6) is 0 Å². The Morgan fingerprint density at radius 3 is 3.06 bits per heavy atom. The molecule has 1 aromatic rings. The topological polar surface area (TPSA) is 34.6 Å². The van der Waals surface area contributed by atoms with E-state index in [1.807, 2.05) is 6.20 Å². The van der Waals surface area contributed by atoms with Gasteiger partial charge >= 0.3 is 0 Å². The summed E-state index contributed by atoms with van der Waals surface area (Å²) >= 11 is 3.46. The van der Waals surface area contributed by atoms with E-state index in [1.54, 1.807) is 6.20 Å². The highest BCUT2D eigenvalue weighted by atomic mass is 79.9. The molecule has 4 nitrogen and oxygen atoms in total. The van der Waals surface area contributed by atoms with Crippen molar-refractivity contribution < 1.29 is 9.47 Å². The predicted octanol–water partition coefficient (Wildman–Crippen LogP) is 1.84. The van der Waals surface area contributed by atoms with Crippen molar-refractivity contribution in [3.63, 3.8) is 0 Å². The third-order valence-electron chi connectivity index (χ3n) is 3.37. The Hall–Kier alpha value is -0.650. The molecule has 92 valence electrons. The molecule has 3 rings (SSSR count). The van der Waals surface area contributed by atoms with Crippen LogP contribution in [0.3, 0.4) is 0 Å². The van der Waals surface area contributed by atoms with Crippen LogP contribution in [-0.4, -0.2) is 43.5 Å². The summed E-state index contributed by atoms with van der Waals surface area (Å²) in [5.74, 6) is 0. The minimum absolute atomic E-state index is 0.0967. The number of nitrogens with zero attached hydrogens (tertiary/aromatic N) is 2. The van der Waals surface area contributed by atoms with Gasteiger partial charge in [0.1, 0.15) is 5.60 Å². The van der Waals surface area contributed by atoms with Gasteiger partial charge in [0.2, 0.25) is 0 Å². The molecule has 0 aliphatic carbocycles. The Labute approximate surface area is 109 Å². The summed E-state index contributed by atoms with van der Waals surface area (Å²) in [4.78, 5) is 6.54. The van der Waals surface area contributed by atoms with E-state index in [9.17, 15) is 0 Å². The first-order chi connectivity index (χ1) is 8.27. The molecule has 0 N–H and O–H groups in total. The monoisotopic (exact) mass is 298 g/mol. The molecule has 1 spiro atoms. The maximum Gasteiger partial charge on any atom is 0.111 e. The molecule has 0 saturated carbocycles. The molecule has 5 heteroatoms. The van der Waals surface area contributed by atoms with E-state index in [2.05, 4.69) is 31.9 Å². The van der Waals surface area contributed by atoms with Crippen molar-refractivity contribution in [2.45, 2.75) is 12.0 Å². The number of anilines is 1. The van der Waals surface area contributed by atoms with Crippen molar-refractivity contribution in [2.24, 2.45) is 0 Å². The van der Waals surface area contributed by atoms with Crippen LogP contribution in [0.15, 0.2) is 22.9 Å². The molecule has 0 radical (unpaired) electrons. The zero-order valence-corrected chi connectivity index (χ0v) is 11.1. The highest BCUT2D eigenvalue weighted by molar-refractivity contribution is 9.10. The maximum absolute atomic E-state index is 5.91. The van der Waals surface area contributed by atoms with Crippen molar-refractivity contribution in [1.82, 2.24) is 4.98 Å². The molecule has 0 amide bonds. The second-order valence-electron chi connectivity index (χ2n) is 4.62. The molecular formula is C12H15BrN2O2. The van der Waals surface area contributed by atoms with E-state index < -0.39 is 0 Å². The Kier molecular flexibility index (Phi) is 3.06. The second-order valence-corrected chi connectivity index (χ2v) is 5.53. The van der Waals surface area contributed by atoms with Gasteiger partial charge < -0.3 is 14.4 Å². The van der Waals surface area contributed by atoms with Crippen molar-refractivity contribution >= 4 is 21.6 Å². The van der Waals surface area contributed by atoms with Crippen LogP contribution in [0.4, 0.5) is 5.69 Å². The molecule has 2 aliphatic heterocycles. The fourth-order valence-electron chi connectivity index (χ4n) is 2.47. The average Bonchev–Trinajstić information content (AvgIpc) is 2.77. The molecule has 2 aliphatic rings. The van der Waals surface area contributed by atoms with E-state index >= 15 is 0 Å². The van der Waals surface area contributed by atoms with E-state index in [4.69, 9.17) is 9.47 Å². The van der Waals surface area contributed by atoms with E-state index in [1.165, 1.54) is 0 Å². The molecular weight excluding hydrogens is 284 g/mol. The Morgan fingerprint density at radius 2 is 2.29 bits per heavy atom. The van der Waals surface area contributed by atoms with Crippen LogP contribution in [-0.2, 0) is 9.47 Å². The molecule has 1 aromatic heterocycles. The zero-order valence-electron chi connectivity index (χ0n) is 9.56. The largest absolute Gasteiger partial charge is 0.378 e. The lowest BCUT2D eigenvalue weighted by Crippen LogP contribution is -2.52. The van der Waals surface area contributed by atoms with Crippen LogP contribution in [0.25, 0.3) is 0 Å². The summed E-state index contributed by atoms with van der Waals surface area (Å²) in [5, 5.41) is 0. The molecule has 0 bridgehead atoms. The second kappa shape index (κ2) is 4.55. The number of hydrogen-bond acceptors (Lipinski definition) is 4. The first-order valence-electron chi connectivity index (χ1n) is 5.85. The quantitative estimate of drug-likeness (QED) is 0.792. The number of ether oxygens (including phenoxy) is 2. The molecule has 1 atom stereocenters. The summed E-state index contributed by atoms with van der Waals surface area (Å²) in [6, 6.07) is 2.10. The van der Waals surface area contributed by atoms with E-state index in [0.29, 0.717) is 6.61 Å². The van der Waals surface area contributed by atoms with Crippen molar-refractivity contribution in [3.05, 3.63) is 22.9 Å². The van der Waals surface area contributed by atoms with Crippen LogP contribution in [0.1, 0.15) is 6.42 Å². The van der Waals surface area contributed by atoms with Crippen molar-refractivity contribution in [3.8, 4) is 0 Å². The third kappa shape index (κ3) is 2.32. The molecule has 2 fully saturated rings. The van der Waals surface area contributed by atoms with Gasteiger partial charge in [-0.1, -0.05) is 0 Å². The van der Waals surface area contributed by atoms with Gasteiger partial charge in [0.25, 0.3) is 0 Å². The van der Waals surface area contributed by atoms with Crippen LogP contribution in [0.2, 0.25) is 0 Å². The molecule has 2 saturated heterocycles. The number of rotatable bonds is 1. The fourth-order valence-corrected chi connectivity index (χ4v) is 2.82. The Morgan fingerprint density at radius 1 is 1.35 bits per heavy atom. The summed E-state index contributed by atoms with van der Waals surface area (Å²) in [7, 11) is 0. The Balaban J connectivity index is 1.79. The van der Waals surface area contributed by atoms with Gasteiger partial charge in [0.05, 0.1) is 25.1 Å². The van der Waals surface area contributed by atoms with E-state index in [-0.39, 0.29) is 5.60 Å². The van der Waals surface area contributed by atoms with Crippen LogP contribution < -0.4 is 4.90 Å². The highest BCUT2D eigenvalue weighted by Gasteiger charge is 2.40. The Bertz CT molecular complexity index is 407. The summed E-state index contributed by atoms with van der Waals surface area (Å²) in [6.07, 6.45) is 4.70. The van der Waals surface area contributed by atoms with Gasteiger partial charge in [0, 0.05) is 36.8 Å². The minimum atomic E-state index is -0.0967. The summed E-state index contributed by atoms with van der Waals surface area (Å²) < 4.78 is 12.4. The number of morpholine rings is 1. The predicted molar refractivity (Wildman–Crippen MR) is 68.3 cm³/mol. The standard InChI is InChI=1S/C12H15BrN2O2/c13-10-5-11(7-14-6-10)15-2-4-17-12(8-15)1-3-16-9-12/h5-7H,1-4,8-9H2. The van der Waals surface area contributed by atoms with Gasteiger partial charge in [-0.3, -0.25) is 4.98 Å². The number of pyridine rings is 1. The van der Waals surface area contributed by atoms with Gasteiger partial charge in [-0.25, -0.2) is 0 Å². The lowest BCUT2D eigenvalue weighted by Gasteiger charge is -2.40. The molecule has 0 aromatic carbocycles. The average molecular weight is 299 g/mol. The number of halogens is 1. The fraction of sp³-hybridized carbons (Fsp3) is 0.583. The van der Waals surface area contributed by atoms with Crippen molar-refractivity contribution in [1.29, 1.82) is 0 Å². The number of aromatic nitrogens is 1. The minimum Gasteiger partial charge on any atom is -0.378 e. The summed E-state index contributed by atoms with van der Waals surface area (Å²) in [5.41, 5.74) is 1.05. The van der Waals surface area contributed by atoms with E-state index in [0.717, 1.165) is 42.9 Å². The van der Waals surface area contributed by atoms with Gasteiger partial charge in [-0.2, -0.15) is 0 Å². The van der Waals surface area contributed by atoms with Crippen LogP contribution >= 0.6 is 15.9 Å². The third-order valence-corrected chi connectivity index (χ3v) is 3.80. The number of hydrogen-bond donors (Lipinski definition) is 0. The first-order valence-corrected chi connectivity index (χ1v) is 6.64. The first kappa shape index (κ1) is 11.4. The van der Waals surface area contributed by atoms with Crippen molar-refractivity contribution in [2.75, 3.05) is 37.8 Å². The molecule has 1 unspecified atom stereocenters. The SMILES string of the molecule is Brc1cncc(N2CCOC3(CCOC3)C2)c1. The normalized spacial score (nSPS) is 28.9. The smallest absolute Gasteiger partial charge is 0.111 e. The lowest BCUT2D eigenvalue weighted by molar-refractivity contribution is -0.0579. The zero-order chi connectivity index (χ0) is 11.7. The van der Waals surface area contributed by atoms with Gasteiger partial charge in [0.15, 0.2) is 0 Å². The lowest BCUT2D eigenvalue weighted by atomic mass is 10.0. The maximum atomic E-state index is 5.91.